The molecule has 0 unspecified atom stereocenters. The van der Waals surface area contributed by atoms with Crippen LogP contribution in [0.15, 0.2) is 42.5 Å². The Morgan fingerprint density at radius 1 is 1.16 bits per heavy atom. The van der Waals surface area contributed by atoms with Gasteiger partial charge in [0.1, 0.15) is 5.75 Å². The summed E-state index contributed by atoms with van der Waals surface area (Å²) in [6, 6.07) is 13.8. The summed E-state index contributed by atoms with van der Waals surface area (Å²) in [5, 5.41) is 3.67. The Balaban J connectivity index is 1.68. The zero-order chi connectivity index (χ0) is 18.2. The first-order chi connectivity index (χ1) is 11.9. The molecule has 2 aromatic rings. The molecule has 2 aromatic carbocycles. The molecule has 0 aliphatic heterocycles. The van der Waals surface area contributed by atoms with E-state index in [-0.39, 0.29) is 5.91 Å². The Morgan fingerprint density at radius 3 is 2.44 bits per heavy atom. The van der Waals surface area contributed by atoms with Gasteiger partial charge in [-0.1, -0.05) is 29.8 Å². The second-order valence-electron chi connectivity index (χ2n) is 6.05. The van der Waals surface area contributed by atoms with Gasteiger partial charge in [0, 0.05) is 23.1 Å². The number of halogens is 1. The fourth-order valence-electron chi connectivity index (χ4n) is 2.42. The summed E-state index contributed by atoms with van der Waals surface area (Å²) < 4.78 is 5.74. The van der Waals surface area contributed by atoms with Crippen LogP contribution in [0.2, 0.25) is 5.02 Å². The smallest absolute Gasteiger partial charge is 0.260 e. The minimum atomic E-state index is -0.512. The minimum absolute atomic E-state index is 0.0914. The van der Waals surface area contributed by atoms with Crippen LogP contribution in [0.1, 0.15) is 23.6 Å². The number of carbonyl (C=O) groups excluding carboxylic acids is 1. The number of ether oxygens (including phenoxy) is 1. The van der Waals surface area contributed by atoms with E-state index >= 15 is 0 Å². The van der Waals surface area contributed by atoms with Crippen LogP contribution in [0.25, 0.3) is 0 Å². The lowest BCUT2D eigenvalue weighted by atomic mass is 10.1. The molecule has 0 radical (unpaired) electrons. The SMILES string of the molecule is Cc1cc(C)cc(O[C@H](C)C(=O)NCCSCc2ccc(Cl)cc2)c1. The molecule has 1 amide bonds. The van der Waals surface area contributed by atoms with Crippen molar-refractivity contribution in [3.8, 4) is 5.75 Å². The number of hydrogen-bond donors (Lipinski definition) is 1. The molecule has 3 nitrogen and oxygen atoms in total. The number of hydrogen-bond acceptors (Lipinski definition) is 3. The van der Waals surface area contributed by atoms with E-state index in [2.05, 4.69) is 11.4 Å². The molecule has 2 rings (SSSR count). The van der Waals surface area contributed by atoms with Gasteiger partial charge in [-0.2, -0.15) is 11.8 Å². The molecular formula is C20H24ClNO2S. The largest absolute Gasteiger partial charge is 0.481 e. The van der Waals surface area contributed by atoms with Gasteiger partial charge >= 0.3 is 0 Å². The summed E-state index contributed by atoms with van der Waals surface area (Å²) in [4.78, 5) is 12.1. The van der Waals surface area contributed by atoms with Crippen molar-refractivity contribution in [1.29, 1.82) is 0 Å². The lowest BCUT2D eigenvalue weighted by Gasteiger charge is -2.15. The van der Waals surface area contributed by atoms with Crippen molar-refractivity contribution in [3.05, 3.63) is 64.2 Å². The van der Waals surface area contributed by atoms with Crippen LogP contribution >= 0.6 is 23.4 Å². The van der Waals surface area contributed by atoms with E-state index in [0.29, 0.717) is 6.54 Å². The molecule has 0 fully saturated rings. The van der Waals surface area contributed by atoms with Crippen molar-refractivity contribution < 1.29 is 9.53 Å². The summed E-state index contributed by atoms with van der Waals surface area (Å²) in [6.45, 7) is 6.43. The molecule has 0 aromatic heterocycles. The molecule has 0 spiro atoms. The van der Waals surface area contributed by atoms with Crippen LogP contribution in [0.5, 0.6) is 5.75 Å². The predicted molar refractivity (Wildman–Crippen MR) is 107 cm³/mol. The molecule has 0 bridgehead atoms. The molecule has 5 heteroatoms. The zero-order valence-electron chi connectivity index (χ0n) is 14.8. The van der Waals surface area contributed by atoms with Crippen molar-refractivity contribution >= 4 is 29.3 Å². The van der Waals surface area contributed by atoms with Crippen LogP contribution in [0.4, 0.5) is 0 Å². The Bertz CT molecular complexity index is 683. The first-order valence-corrected chi connectivity index (χ1v) is 9.82. The van der Waals surface area contributed by atoms with Crippen molar-refractivity contribution in [1.82, 2.24) is 5.32 Å². The number of aryl methyl sites for hydroxylation is 2. The molecule has 0 aliphatic rings. The van der Waals surface area contributed by atoms with Crippen molar-refractivity contribution in [2.45, 2.75) is 32.6 Å². The molecule has 0 saturated heterocycles. The van der Waals surface area contributed by atoms with E-state index in [1.165, 1.54) is 5.56 Å². The molecule has 1 atom stereocenters. The maximum Gasteiger partial charge on any atom is 0.260 e. The van der Waals surface area contributed by atoms with Gasteiger partial charge in [0.05, 0.1) is 0 Å². The quantitative estimate of drug-likeness (QED) is 0.673. The standard InChI is InChI=1S/C20H24ClNO2S/c1-14-10-15(2)12-19(11-14)24-16(3)20(23)22-8-9-25-13-17-4-6-18(21)7-5-17/h4-7,10-12,16H,8-9,13H2,1-3H3,(H,22,23)/t16-/m1/s1. The highest BCUT2D eigenvalue weighted by atomic mass is 35.5. The summed E-state index contributed by atoms with van der Waals surface area (Å²) >= 11 is 7.64. The number of nitrogens with one attached hydrogen (secondary N) is 1. The predicted octanol–water partition coefficient (Wildman–Crippen LogP) is 4.77. The van der Waals surface area contributed by atoms with E-state index in [1.54, 1.807) is 18.7 Å². The molecular weight excluding hydrogens is 354 g/mol. The number of rotatable bonds is 8. The Hall–Kier alpha value is -1.65. The monoisotopic (exact) mass is 377 g/mol. The first-order valence-electron chi connectivity index (χ1n) is 8.29. The average Bonchev–Trinajstić information content (AvgIpc) is 2.55. The second-order valence-corrected chi connectivity index (χ2v) is 7.60. The molecule has 25 heavy (non-hydrogen) atoms. The fraction of sp³-hybridized carbons (Fsp3) is 0.350. The van der Waals surface area contributed by atoms with E-state index in [1.807, 2.05) is 50.2 Å². The Morgan fingerprint density at radius 2 is 1.80 bits per heavy atom. The molecule has 0 saturated carbocycles. The third kappa shape index (κ3) is 7.00. The normalized spacial score (nSPS) is 11.8. The second kappa shape index (κ2) is 9.73. The van der Waals surface area contributed by atoms with Gasteiger partial charge in [-0.15, -0.1) is 0 Å². The van der Waals surface area contributed by atoms with E-state index < -0.39 is 6.10 Å². The molecule has 0 heterocycles. The van der Waals surface area contributed by atoms with Gasteiger partial charge in [-0.05, 0) is 61.7 Å². The number of thioether (sulfide) groups is 1. The molecule has 0 aliphatic carbocycles. The lowest BCUT2D eigenvalue weighted by molar-refractivity contribution is -0.127. The number of benzene rings is 2. The van der Waals surface area contributed by atoms with Crippen LogP contribution in [-0.2, 0) is 10.5 Å². The van der Waals surface area contributed by atoms with E-state index in [9.17, 15) is 4.79 Å². The fourth-order valence-corrected chi connectivity index (χ4v) is 3.36. The van der Waals surface area contributed by atoms with Crippen LogP contribution in [-0.4, -0.2) is 24.3 Å². The highest BCUT2D eigenvalue weighted by Crippen LogP contribution is 2.18. The van der Waals surface area contributed by atoms with Gasteiger partial charge in [0.15, 0.2) is 6.10 Å². The Kier molecular flexibility index (Phi) is 7.66. The highest BCUT2D eigenvalue weighted by molar-refractivity contribution is 7.98. The van der Waals surface area contributed by atoms with Gasteiger partial charge < -0.3 is 10.1 Å². The van der Waals surface area contributed by atoms with Gasteiger partial charge in [0.25, 0.3) is 5.91 Å². The average molecular weight is 378 g/mol. The number of amides is 1. The summed E-state index contributed by atoms with van der Waals surface area (Å²) in [5.74, 6) is 2.40. The van der Waals surface area contributed by atoms with E-state index in [4.69, 9.17) is 16.3 Å². The van der Waals surface area contributed by atoms with Crippen LogP contribution in [0.3, 0.4) is 0 Å². The van der Waals surface area contributed by atoms with E-state index in [0.717, 1.165) is 33.4 Å². The molecule has 1 N–H and O–H groups in total. The van der Waals surface area contributed by atoms with Gasteiger partial charge in [0.2, 0.25) is 0 Å². The summed E-state index contributed by atoms with van der Waals surface area (Å²) in [6.07, 6.45) is -0.512. The first kappa shape index (κ1) is 19.7. The molecule has 134 valence electrons. The topological polar surface area (TPSA) is 38.3 Å². The minimum Gasteiger partial charge on any atom is -0.481 e. The lowest BCUT2D eigenvalue weighted by Crippen LogP contribution is -2.37. The number of carbonyl (C=O) groups is 1. The maximum absolute atomic E-state index is 12.1. The third-order valence-corrected chi connectivity index (χ3v) is 4.89. The summed E-state index contributed by atoms with van der Waals surface area (Å²) in [7, 11) is 0. The maximum atomic E-state index is 12.1. The van der Waals surface area contributed by atoms with Crippen LogP contribution < -0.4 is 10.1 Å². The highest BCUT2D eigenvalue weighted by Gasteiger charge is 2.14. The van der Waals surface area contributed by atoms with Crippen molar-refractivity contribution in [2.75, 3.05) is 12.3 Å². The zero-order valence-corrected chi connectivity index (χ0v) is 16.4. The van der Waals surface area contributed by atoms with Gasteiger partial charge in [-0.25, -0.2) is 0 Å². The van der Waals surface area contributed by atoms with Crippen molar-refractivity contribution in [2.24, 2.45) is 0 Å². The summed E-state index contributed by atoms with van der Waals surface area (Å²) in [5.41, 5.74) is 3.48. The van der Waals surface area contributed by atoms with Gasteiger partial charge in [-0.3, -0.25) is 4.79 Å². The van der Waals surface area contributed by atoms with Crippen LogP contribution in [0, 0.1) is 13.8 Å². The third-order valence-electron chi connectivity index (χ3n) is 3.60. The Labute approximate surface area is 159 Å². The van der Waals surface area contributed by atoms with Crippen molar-refractivity contribution in [3.63, 3.8) is 0 Å².